The van der Waals surface area contributed by atoms with E-state index >= 15 is 0 Å². The Bertz CT molecular complexity index is 911. The first-order chi connectivity index (χ1) is 27.5. The van der Waals surface area contributed by atoms with Gasteiger partial charge in [-0.15, -0.1) is 0 Å². The summed E-state index contributed by atoms with van der Waals surface area (Å²) in [5.74, 6) is -0.905. The minimum absolute atomic E-state index is 0.0789. The quantitative estimate of drug-likeness (QED) is 0.0265. The molecule has 6 heteroatoms. The first kappa shape index (κ1) is 53.9. The second-order valence-corrected chi connectivity index (χ2v) is 16.4. The van der Waals surface area contributed by atoms with Crippen LogP contribution in [0.15, 0.2) is 24.3 Å². The molecule has 328 valence electrons. The van der Waals surface area contributed by atoms with Crippen LogP contribution in [0.1, 0.15) is 258 Å². The highest BCUT2D eigenvalue weighted by atomic mass is 16.6. The maximum atomic E-state index is 12.7. The van der Waals surface area contributed by atoms with Crippen molar-refractivity contribution in [1.82, 2.24) is 0 Å². The Morgan fingerprint density at radius 1 is 0.339 bits per heavy atom. The highest BCUT2D eigenvalue weighted by molar-refractivity contribution is 5.71. The highest BCUT2D eigenvalue weighted by Gasteiger charge is 2.19. The second kappa shape index (κ2) is 45.6. The monoisotopic (exact) mass is 789 g/mol. The molecular formula is C50H92O6. The predicted octanol–water partition coefficient (Wildman–Crippen LogP) is 15.6. The zero-order valence-electron chi connectivity index (χ0n) is 37.4. The maximum absolute atomic E-state index is 12.7. The Labute approximate surface area is 347 Å². The number of rotatable bonds is 44. The minimum Gasteiger partial charge on any atom is -0.462 e. The number of hydrogen-bond donors (Lipinski definition) is 0. The van der Waals surface area contributed by atoms with Gasteiger partial charge in [0.1, 0.15) is 13.2 Å². The molecule has 0 spiro atoms. The number of carbonyl (C=O) groups is 3. The Kier molecular flexibility index (Phi) is 43.9. The molecule has 0 aliphatic rings. The fourth-order valence-corrected chi connectivity index (χ4v) is 6.96. The summed E-state index contributed by atoms with van der Waals surface area (Å²) in [7, 11) is 0. The van der Waals surface area contributed by atoms with Crippen molar-refractivity contribution in [1.29, 1.82) is 0 Å². The lowest BCUT2D eigenvalue weighted by Crippen LogP contribution is -2.30. The Morgan fingerprint density at radius 2 is 0.589 bits per heavy atom. The van der Waals surface area contributed by atoms with E-state index in [2.05, 4.69) is 45.1 Å². The van der Waals surface area contributed by atoms with E-state index < -0.39 is 6.10 Å². The van der Waals surface area contributed by atoms with E-state index in [-0.39, 0.29) is 31.1 Å². The molecular weight excluding hydrogens is 697 g/mol. The standard InChI is InChI=1S/C50H92O6/c1-4-7-10-13-16-19-22-24-26-28-31-34-37-40-43-49(52)55-46-47(45-54-48(51)42-39-36-33-30-27-21-18-15-12-9-6-3)56-50(53)44-41-38-35-32-29-25-23-20-17-14-11-8-5-2/h25-26,28-29,47H,4-24,27,30-46H2,1-3H3/b28-26-,29-25-. The van der Waals surface area contributed by atoms with Gasteiger partial charge < -0.3 is 14.2 Å². The van der Waals surface area contributed by atoms with Gasteiger partial charge in [-0.2, -0.15) is 0 Å². The zero-order chi connectivity index (χ0) is 40.8. The van der Waals surface area contributed by atoms with Crippen LogP contribution in [0, 0.1) is 0 Å². The minimum atomic E-state index is -0.779. The van der Waals surface area contributed by atoms with Crippen molar-refractivity contribution in [3.05, 3.63) is 24.3 Å². The Hall–Kier alpha value is -2.11. The number of unbranched alkanes of at least 4 members (excludes halogenated alkanes) is 29. The molecule has 0 aromatic rings. The van der Waals surface area contributed by atoms with Gasteiger partial charge in [-0.1, -0.05) is 193 Å². The van der Waals surface area contributed by atoms with Crippen LogP contribution in [0.2, 0.25) is 0 Å². The summed E-state index contributed by atoms with van der Waals surface area (Å²) in [5, 5.41) is 0. The molecule has 0 aromatic carbocycles. The lowest BCUT2D eigenvalue weighted by atomic mass is 10.1. The van der Waals surface area contributed by atoms with Crippen molar-refractivity contribution in [2.75, 3.05) is 13.2 Å². The normalized spacial score (nSPS) is 12.1. The number of hydrogen-bond acceptors (Lipinski definition) is 6. The van der Waals surface area contributed by atoms with E-state index in [1.54, 1.807) is 0 Å². The predicted molar refractivity (Wildman–Crippen MR) is 238 cm³/mol. The molecule has 0 amide bonds. The molecule has 0 saturated heterocycles. The van der Waals surface area contributed by atoms with Crippen molar-refractivity contribution < 1.29 is 28.6 Å². The van der Waals surface area contributed by atoms with Crippen molar-refractivity contribution in [2.24, 2.45) is 0 Å². The van der Waals surface area contributed by atoms with Crippen molar-refractivity contribution in [2.45, 2.75) is 264 Å². The van der Waals surface area contributed by atoms with E-state index in [0.29, 0.717) is 19.3 Å². The van der Waals surface area contributed by atoms with Gasteiger partial charge >= 0.3 is 17.9 Å². The number of esters is 3. The summed E-state index contributed by atoms with van der Waals surface area (Å²) >= 11 is 0. The van der Waals surface area contributed by atoms with E-state index in [4.69, 9.17) is 14.2 Å². The van der Waals surface area contributed by atoms with Crippen LogP contribution in [0.3, 0.4) is 0 Å². The van der Waals surface area contributed by atoms with Gasteiger partial charge in [-0.3, -0.25) is 14.4 Å². The van der Waals surface area contributed by atoms with Crippen molar-refractivity contribution in [3.8, 4) is 0 Å². The number of ether oxygens (including phenoxy) is 3. The first-order valence-electron chi connectivity index (χ1n) is 24.3. The molecule has 0 rings (SSSR count). The van der Waals surface area contributed by atoms with Crippen molar-refractivity contribution in [3.63, 3.8) is 0 Å². The molecule has 0 aromatic heterocycles. The van der Waals surface area contributed by atoms with Gasteiger partial charge in [-0.05, 0) is 70.6 Å². The summed E-state index contributed by atoms with van der Waals surface area (Å²) < 4.78 is 16.7. The highest BCUT2D eigenvalue weighted by Crippen LogP contribution is 2.14. The average Bonchev–Trinajstić information content (AvgIpc) is 3.19. The third-order valence-electron chi connectivity index (χ3n) is 10.7. The van der Waals surface area contributed by atoms with Crippen LogP contribution in [-0.2, 0) is 28.6 Å². The fraction of sp³-hybridized carbons (Fsp3) is 0.860. The third kappa shape index (κ3) is 43.0. The van der Waals surface area contributed by atoms with Gasteiger partial charge in [-0.25, -0.2) is 0 Å². The molecule has 1 atom stereocenters. The Morgan fingerprint density at radius 3 is 0.911 bits per heavy atom. The van der Waals surface area contributed by atoms with Crippen LogP contribution in [0.5, 0.6) is 0 Å². The third-order valence-corrected chi connectivity index (χ3v) is 10.7. The average molecular weight is 789 g/mol. The van der Waals surface area contributed by atoms with Crippen LogP contribution in [0.4, 0.5) is 0 Å². The van der Waals surface area contributed by atoms with Crippen molar-refractivity contribution >= 4 is 17.9 Å². The first-order valence-corrected chi connectivity index (χ1v) is 24.3. The van der Waals surface area contributed by atoms with Crippen LogP contribution in [0.25, 0.3) is 0 Å². The van der Waals surface area contributed by atoms with Crippen LogP contribution < -0.4 is 0 Å². The summed E-state index contributed by atoms with van der Waals surface area (Å²) in [6.45, 7) is 6.60. The van der Waals surface area contributed by atoms with E-state index in [0.717, 1.165) is 83.5 Å². The van der Waals surface area contributed by atoms with E-state index in [9.17, 15) is 14.4 Å². The smallest absolute Gasteiger partial charge is 0.306 e. The molecule has 0 fully saturated rings. The molecule has 0 bridgehead atoms. The van der Waals surface area contributed by atoms with Gasteiger partial charge in [0.2, 0.25) is 0 Å². The molecule has 0 radical (unpaired) electrons. The second-order valence-electron chi connectivity index (χ2n) is 16.4. The van der Waals surface area contributed by atoms with Crippen LogP contribution in [-0.4, -0.2) is 37.2 Å². The summed E-state index contributed by atoms with van der Waals surface area (Å²) in [6.07, 6.45) is 50.1. The Balaban J connectivity index is 4.39. The van der Waals surface area contributed by atoms with Gasteiger partial charge in [0, 0.05) is 19.3 Å². The molecule has 0 saturated carbocycles. The summed E-state index contributed by atoms with van der Waals surface area (Å²) in [6, 6.07) is 0. The van der Waals surface area contributed by atoms with E-state index in [1.807, 2.05) is 0 Å². The zero-order valence-corrected chi connectivity index (χ0v) is 37.4. The molecule has 6 nitrogen and oxygen atoms in total. The lowest BCUT2D eigenvalue weighted by molar-refractivity contribution is -0.167. The van der Waals surface area contributed by atoms with Gasteiger partial charge in [0.05, 0.1) is 0 Å². The summed E-state index contributed by atoms with van der Waals surface area (Å²) in [4.78, 5) is 37.8. The SMILES string of the molecule is CCCCCCCC/C=C\CCCCCC(=O)OC(COC(=O)CCCCC/C=C\CCCCCCCCC)COC(=O)CCCCCCCCCCCCC. The fourth-order valence-electron chi connectivity index (χ4n) is 6.96. The lowest BCUT2D eigenvalue weighted by Gasteiger charge is -2.18. The molecule has 56 heavy (non-hydrogen) atoms. The number of allylic oxidation sites excluding steroid dienone is 4. The van der Waals surface area contributed by atoms with Crippen LogP contribution >= 0.6 is 0 Å². The molecule has 0 N–H and O–H groups in total. The van der Waals surface area contributed by atoms with Gasteiger partial charge in [0.25, 0.3) is 0 Å². The van der Waals surface area contributed by atoms with Gasteiger partial charge in [0.15, 0.2) is 6.10 Å². The molecule has 0 heterocycles. The molecule has 0 aliphatic heterocycles. The summed E-state index contributed by atoms with van der Waals surface area (Å²) in [5.41, 5.74) is 0. The molecule has 0 aliphatic carbocycles. The molecule has 1 unspecified atom stereocenters. The number of carbonyl (C=O) groups excluding carboxylic acids is 3. The van der Waals surface area contributed by atoms with E-state index in [1.165, 1.54) is 135 Å². The topological polar surface area (TPSA) is 78.9 Å². The maximum Gasteiger partial charge on any atom is 0.306 e. The largest absolute Gasteiger partial charge is 0.462 e.